The first kappa shape index (κ1) is 9.05. The first-order valence-electron chi connectivity index (χ1n) is 3.39. The molecule has 1 unspecified atom stereocenters. The molecule has 1 N–H and O–H groups in total. The normalized spacial score (nSPS) is 13.1. The van der Waals surface area contributed by atoms with Gasteiger partial charge in [0.2, 0.25) is 0 Å². The highest BCUT2D eigenvalue weighted by molar-refractivity contribution is 7.78. The maximum absolute atomic E-state index is 8.82. The van der Waals surface area contributed by atoms with Crippen molar-refractivity contribution in [2.45, 2.75) is 38.7 Å². The van der Waals surface area contributed by atoms with E-state index in [9.17, 15) is 0 Å². The first-order valence-corrected chi connectivity index (χ1v) is 3.86. The molecule has 0 aromatic carbocycles. The van der Waals surface area contributed by atoms with Crippen LogP contribution in [0.2, 0.25) is 0 Å². The van der Waals surface area contributed by atoms with Crippen LogP contribution in [0, 0.1) is 0 Å². The quantitative estimate of drug-likeness (QED) is 0.472. The summed E-state index contributed by atoms with van der Waals surface area (Å²) in [6.45, 7) is 1.82. The van der Waals surface area contributed by atoms with Crippen LogP contribution in [0.1, 0.15) is 32.6 Å². The average Bonchev–Trinajstić information content (AvgIpc) is 1.80. The number of hydrogen-bond donors (Lipinski definition) is 1. The number of thiocarbonyl (C=S) groups is 1. The number of aliphatic hydroxyl groups excluding tert-OH is 1. The van der Waals surface area contributed by atoms with Crippen LogP contribution in [-0.2, 0) is 0 Å². The second kappa shape index (κ2) is 6.17. The average molecular weight is 146 g/mol. The van der Waals surface area contributed by atoms with Gasteiger partial charge in [-0.05, 0) is 31.6 Å². The molecular formula is C7H14OS. The van der Waals surface area contributed by atoms with Gasteiger partial charge in [-0.3, -0.25) is 0 Å². The molecule has 54 valence electrons. The van der Waals surface area contributed by atoms with Crippen molar-refractivity contribution < 1.29 is 5.11 Å². The van der Waals surface area contributed by atoms with E-state index in [1.165, 1.54) is 0 Å². The lowest BCUT2D eigenvalue weighted by Crippen LogP contribution is -1.97. The number of rotatable bonds is 5. The predicted molar refractivity (Wildman–Crippen MR) is 43.8 cm³/mol. The molecule has 9 heavy (non-hydrogen) atoms. The Morgan fingerprint density at radius 3 is 2.67 bits per heavy atom. The van der Waals surface area contributed by atoms with Crippen molar-refractivity contribution in [3.63, 3.8) is 0 Å². The summed E-state index contributed by atoms with van der Waals surface area (Å²) in [5.74, 6) is 0. The fourth-order valence-corrected chi connectivity index (χ4v) is 0.834. The van der Waals surface area contributed by atoms with Gasteiger partial charge in [-0.2, -0.15) is 0 Å². The van der Waals surface area contributed by atoms with Gasteiger partial charge in [0.15, 0.2) is 0 Å². The number of aliphatic hydroxyl groups is 1. The van der Waals surface area contributed by atoms with Crippen LogP contribution >= 0.6 is 12.2 Å². The van der Waals surface area contributed by atoms with E-state index >= 15 is 0 Å². The zero-order valence-corrected chi connectivity index (χ0v) is 6.66. The molecule has 0 aromatic heterocycles. The minimum Gasteiger partial charge on any atom is -0.393 e. The first-order chi connectivity index (χ1) is 4.27. The summed E-state index contributed by atoms with van der Waals surface area (Å²) in [5.41, 5.74) is 0. The number of hydrogen-bond acceptors (Lipinski definition) is 2. The molecule has 0 aliphatic heterocycles. The minimum absolute atomic E-state index is 0.143. The standard InChI is InChI=1S/C7H14OS/c1-7(8)5-3-2-4-6-9/h6-8H,2-5H2,1H3. The molecule has 0 aliphatic carbocycles. The Bertz CT molecular complexity index is 71.3. The Kier molecular flexibility index (Phi) is 6.21. The molecule has 0 radical (unpaired) electrons. The Morgan fingerprint density at radius 2 is 2.22 bits per heavy atom. The van der Waals surface area contributed by atoms with E-state index in [1.807, 2.05) is 6.92 Å². The van der Waals surface area contributed by atoms with Crippen molar-refractivity contribution in [3.8, 4) is 0 Å². The fourth-order valence-electron chi connectivity index (χ4n) is 0.667. The second-order valence-corrected chi connectivity index (χ2v) is 2.63. The van der Waals surface area contributed by atoms with Crippen molar-refractivity contribution in [3.05, 3.63) is 0 Å². The molecule has 0 bridgehead atoms. The van der Waals surface area contributed by atoms with Crippen LogP contribution in [0.5, 0.6) is 0 Å². The predicted octanol–water partition coefficient (Wildman–Crippen LogP) is 1.93. The van der Waals surface area contributed by atoms with E-state index in [1.54, 1.807) is 5.37 Å². The highest BCUT2D eigenvalue weighted by atomic mass is 32.1. The lowest BCUT2D eigenvalue weighted by Gasteiger charge is -2.00. The SMILES string of the molecule is CC(O)CCCCC=S. The van der Waals surface area contributed by atoms with Crippen molar-refractivity contribution >= 4 is 17.6 Å². The molecule has 0 saturated heterocycles. The van der Waals surface area contributed by atoms with Crippen LogP contribution in [-0.4, -0.2) is 16.6 Å². The molecule has 2 heteroatoms. The lowest BCUT2D eigenvalue weighted by atomic mass is 10.1. The third kappa shape index (κ3) is 8.05. The Balaban J connectivity index is 2.82. The van der Waals surface area contributed by atoms with E-state index < -0.39 is 0 Å². The summed E-state index contributed by atoms with van der Waals surface area (Å²) in [5, 5.41) is 10.6. The van der Waals surface area contributed by atoms with Crippen molar-refractivity contribution in [1.82, 2.24) is 0 Å². The molecule has 1 atom stereocenters. The van der Waals surface area contributed by atoms with E-state index in [4.69, 9.17) is 5.11 Å². The van der Waals surface area contributed by atoms with Gasteiger partial charge < -0.3 is 5.11 Å². The van der Waals surface area contributed by atoms with Crippen molar-refractivity contribution in [2.75, 3.05) is 0 Å². The van der Waals surface area contributed by atoms with E-state index in [0.29, 0.717) is 0 Å². The molecule has 0 saturated carbocycles. The van der Waals surface area contributed by atoms with Crippen LogP contribution in [0.15, 0.2) is 0 Å². The Labute approximate surface area is 62.1 Å². The fraction of sp³-hybridized carbons (Fsp3) is 0.857. The molecule has 0 heterocycles. The molecule has 0 aliphatic rings. The van der Waals surface area contributed by atoms with Gasteiger partial charge in [0.1, 0.15) is 0 Å². The Morgan fingerprint density at radius 1 is 1.56 bits per heavy atom. The van der Waals surface area contributed by atoms with Gasteiger partial charge in [-0.1, -0.05) is 18.6 Å². The molecule has 0 rings (SSSR count). The highest BCUT2D eigenvalue weighted by Crippen LogP contribution is 2.01. The smallest absolute Gasteiger partial charge is 0.0512 e. The molecule has 0 spiro atoms. The monoisotopic (exact) mass is 146 g/mol. The van der Waals surface area contributed by atoms with Gasteiger partial charge >= 0.3 is 0 Å². The molecule has 1 nitrogen and oxygen atoms in total. The maximum Gasteiger partial charge on any atom is 0.0512 e. The van der Waals surface area contributed by atoms with Gasteiger partial charge in [0.05, 0.1) is 6.10 Å². The summed E-state index contributed by atoms with van der Waals surface area (Å²) in [4.78, 5) is 0. The largest absolute Gasteiger partial charge is 0.393 e. The van der Waals surface area contributed by atoms with Crippen molar-refractivity contribution in [2.24, 2.45) is 0 Å². The van der Waals surface area contributed by atoms with Crippen molar-refractivity contribution in [1.29, 1.82) is 0 Å². The molecule has 0 fully saturated rings. The van der Waals surface area contributed by atoms with Gasteiger partial charge in [-0.25, -0.2) is 0 Å². The van der Waals surface area contributed by atoms with Crippen LogP contribution in [0.3, 0.4) is 0 Å². The van der Waals surface area contributed by atoms with E-state index in [-0.39, 0.29) is 6.10 Å². The summed E-state index contributed by atoms with van der Waals surface area (Å²) >= 11 is 4.64. The Hall–Kier alpha value is 0.0500. The maximum atomic E-state index is 8.82. The molecular weight excluding hydrogens is 132 g/mol. The second-order valence-electron chi connectivity index (χ2n) is 2.30. The lowest BCUT2D eigenvalue weighted by molar-refractivity contribution is 0.181. The van der Waals surface area contributed by atoms with Crippen LogP contribution < -0.4 is 0 Å². The summed E-state index contributed by atoms with van der Waals surface area (Å²) < 4.78 is 0. The van der Waals surface area contributed by atoms with Crippen LogP contribution in [0.4, 0.5) is 0 Å². The van der Waals surface area contributed by atoms with Crippen LogP contribution in [0.25, 0.3) is 0 Å². The topological polar surface area (TPSA) is 20.2 Å². The van der Waals surface area contributed by atoms with Gasteiger partial charge in [0, 0.05) is 0 Å². The van der Waals surface area contributed by atoms with E-state index in [2.05, 4.69) is 12.2 Å². The molecule has 0 amide bonds. The summed E-state index contributed by atoms with van der Waals surface area (Å²) in [6.07, 6.45) is 3.97. The van der Waals surface area contributed by atoms with Gasteiger partial charge in [0.25, 0.3) is 0 Å². The summed E-state index contributed by atoms with van der Waals surface area (Å²) in [6, 6.07) is 0. The molecule has 0 aromatic rings. The van der Waals surface area contributed by atoms with E-state index in [0.717, 1.165) is 25.7 Å². The zero-order valence-electron chi connectivity index (χ0n) is 5.84. The minimum atomic E-state index is -0.143. The number of unbranched alkanes of at least 4 members (excludes halogenated alkanes) is 2. The zero-order chi connectivity index (χ0) is 7.11. The van der Waals surface area contributed by atoms with Gasteiger partial charge in [-0.15, -0.1) is 0 Å². The third-order valence-electron chi connectivity index (χ3n) is 1.19. The highest BCUT2D eigenvalue weighted by Gasteiger charge is 1.92. The third-order valence-corrected chi connectivity index (χ3v) is 1.43. The summed E-state index contributed by atoms with van der Waals surface area (Å²) in [7, 11) is 0.